The minimum Gasteiger partial charge on any atom is -0.352 e. The van der Waals surface area contributed by atoms with Gasteiger partial charge in [-0.15, -0.1) is 24.0 Å². The molecule has 1 saturated heterocycles. The molecule has 0 radical (unpaired) electrons. The number of hydrogen-bond acceptors (Lipinski definition) is 3. The number of nitrogens with one attached hydrogen (secondary N) is 1. The van der Waals surface area contributed by atoms with E-state index >= 15 is 0 Å². The summed E-state index contributed by atoms with van der Waals surface area (Å²) in [6, 6.07) is 5.01. The molecule has 1 aliphatic heterocycles. The third-order valence-corrected chi connectivity index (χ3v) is 4.41. The van der Waals surface area contributed by atoms with Crippen LogP contribution < -0.4 is 10.2 Å². The van der Waals surface area contributed by atoms with Crippen molar-refractivity contribution in [2.24, 2.45) is 12.0 Å². The van der Waals surface area contributed by atoms with Crippen molar-refractivity contribution in [3.05, 3.63) is 47.5 Å². The lowest BCUT2D eigenvalue weighted by molar-refractivity contribution is -0.120. The largest absolute Gasteiger partial charge is 0.352 e. The van der Waals surface area contributed by atoms with Gasteiger partial charge in [-0.1, -0.05) is 12.1 Å². The molecule has 2 aromatic rings. The van der Waals surface area contributed by atoms with E-state index in [0.29, 0.717) is 31.2 Å². The van der Waals surface area contributed by atoms with Crippen molar-refractivity contribution in [1.29, 1.82) is 0 Å². The number of halogens is 2. The number of nitrogens with zero attached hydrogens (tertiary/aromatic N) is 5. The molecule has 3 rings (SSSR count). The highest BCUT2D eigenvalue weighted by atomic mass is 127. The Morgan fingerprint density at radius 3 is 2.74 bits per heavy atom. The molecule has 0 bridgehead atoms. The second-order valence-corrected chi connectivity index (χ2v) is 6.32. The number of rotatable bonds is 3. The highest BCUT2D eigenvalue weighted by molar-refractivity contribution is 14.0. The fourth-order valence-corrected chi connectivity index (χ4v) is 3.00. The first-order chi connectivity index (χ1) is 12.5. The van der Waals surface area contributed by atoms with E-state index in [-0.39, 0.29) is 42.2 Å². The number of hydrogen-bond donors (Lipinski definition) is 1. The van der Waals surface area contributed by atoms with Crippen LogP contribution >= 0.6 is 24.0 Å². The zero-order valence-electron chi connectivity index (χ0n) is 15.6. The van der Waals surface area contributed by atoms with Crippen LogP contribution in [0, 0.1) is 12.7 Å². The number of aryl methyl sites for hydroxylation is 2. The zero-order valence-corrected chi connectivity index (χ0v) is 18.0. The molecule has 0 unspecified atom stereocenters. The number of piperazine rings is 1. The van der Waals surface area contributed by atoms with Crippen molar-refractivity contribution in [2.75, 3.05) is 31.6 Å². The molecule has 0 aliphatic carbocycles. The van der Waals surface area contributed by atoms with Crippen molar-refractivity contribution in [3.8, 4) is 0 Å². The van der Waals surface area contributed by atoms with Crippen LogP contribution in [-0.2, 0) is 18.4 Å². The molecule has 1 N–H and O–H groups in total. The van der Waals surface area contributed by atoms with Gasteiger partial charge in [0.1, 0.15) is 12.4 Å². The lowest BCUT2D eigenvalue weighted by Crippen LogP contribution is -2.55. The van der Waals surface area contributed by atoms with Crippen molar-refractivity contribution >= 4 is 41.5 Å². The van der Waals surface area contributed by atoms with E-state index < -0.39 is 0 Å². The number of guanidine groups is 1. The van der Waals surface area contributed by atoms with E-state index in [4.69, 9.17) is 0 Å². The molecule has 7 nitrogen and oxygen atoms in total. The topological polar surface area (TPSA) is 65.8 Å². The summed E-state index contributed by atoms with van der Waals surface area (Å²) in [7, 11) is 3.52. The highest BCUT2D eigenvalue weighted by Gasteiger charge is 2.27. The normalized spacial score (nSPS) is 15.0. The molecule has 146 valence electrons. The van der Waals surface area contributed by atoms with E-state index in [1.807, 2.05) is 18.1 Å². The van der Waals surface area contributed by atoms with Crippen LogP contribution in [0.25, 0.3) is 0 Å². The third-order valence-electron chi connectivity index (χ3n) is 4.41. The molecular formula is C18H24FIN6O. The number of carbonyl (C=O) groups excluding carboxylic acids is 1. The maximum Gasteiger partial charge on any atom is 0.246 e. The van der Waals surface area contributed by atoms with Crippen LogP contribution in [-0.4, -0.2) is 53.2 Å². The summed E-state index contributed by atoms with van der Waals surface area (Å²) in [5.41, 5.74) is 2.38. The molecule has 1 aliphatic rings. The molecule has 1 amide bonds. The van der Waals surface area contributed by atoms with Gasteiger partial charge in [-0.3, -0.25) is 14.5 Å². The van der Waals surface area contributed by atoms with Gasteiger partial charge in [0.25, 0.3) is 0 Å². The molecule has 1 aromatic carbocycles. The Morgan fingerprint density at radius 1 is 1.37 bits per heavy atom. The summed E-state index contributed by atoms with van der Waals surface area (Å²) in [5, 5.41) is 7.37. The lowest BCUT2D eigenvalue weighted by Gasteiger charge is -2.35. The molecule has 27 heavy (non-hydrogen) atoms. The van der Waals surface area contributed by atoms with Crippen molar-refractivity contribution in [1.82, 2.24) is 20.0 Å². The molecular weight excluding hydrogens is 462 g/mol. The van der Waals surface area contributed by atoms with Crippen LogP contribution in [0.3, 0.4) is 0 Å². The zero-order chi connectivity index (χ0) is 18.7. The quantitative estimate of drug-likeness (QED) is 0.409. The van der Waals surface area contributed by atoms with Gasteiger partial charge in [0, 0.05) is 39.9 Å². The van der Waals surface area contributed by atoms with Gasteiger partial charge in [0.05, 0.1) is 11.9 Å². The van der Waals surface area contributed by atoms with Crippen LogP contribution in [0.5, 0.6) is 0 Å². The number of amides is 1. The van der Waals surface area contributed by atoms with Gasteiger partial charge < -0.3 is 15.1 Å². The van der Waals surface area contributed by atoms with Gasteiger partial charge >= 0.3 is 0 Å². The Bertz CT molecular complexity index is 837. The Kier molecular flexibility index (Phi) is 7.17. The second-order valence-electron chi connectivity index (χ2n) is 6.32. The maximum atomic E-state index is 13.4. The van der Waals surface area contributed by atoms with E-state index in [2.05, 4.69) is 15.4 Å². The average molecular weight is 486 g/mol. The molecule has 0 saturated carbocycles. The van der Waals surface area contributed by atoms with E-state index in [0.717, 1.165) is 11.3 Å². The Hall–Kier alpha value is -2.17. The first-order valence-electron chi connectivity index (χ1n) is 8.47. The molecule has 1 fully saturated rings. The number of anilines is 1. The number of aromatic nitrogens is 2. The molecule has 1 aromatic heterocycles. The van der Waals surface area contributed by atoms with Crippen LogP contribution in [0.15, 0.2) is 35.6 Å². The molecule has 0 spiro atoms. The Labute approximate surface area is 175 Å². The summed E-state index contributed by atoms with van der Waals surface area (Å²) in [6.07, 6.45) is 3.52. The summed E-state index contributed by atoms with van der Waals surface area (Å²) < 4.78 is 15.1. The first-order valence-corrected chi connectivity index (χ1v) is 8.47. The number of carbonyl (C=O) groups is 1. The number of aliphatic imine (C=N–C) groups is 1. The van der Waals surface area contributed by atoms with Gasteiger partial charge in [-0.25, -0.2) is 4.39 Å². The molecule has 2 heterocycles. The minimum absolute atomic E-state index is 0. The maximum absolute atomic E-state index is 13.4. The van der Waals surface area contributed by atoms with Crippen LogP contribution in [0.4, 0.5) is 10.1 Å². The van der Waals surface area contributed by atoms with E-state index in [1.54, 1.807) is 41.9 Å². The molecule has 9 heteroatoms. The minimum atomic E-state index is -0.213. The molecule has 0 atom stereocenters. The SMILES string of the molecule is CN=C(NCc1ccc(F)c(C)c1)N1CCN(c2cnn(C)c2)C(=O)C1.I. The second kappa shape index (κ2) is 9.16. The third kappa shape index (κ3) is 4.96. The average Bonchev–Trinajstić information content (AvgIpc) is 3.04. The smallest absolute Gasteiger partial charge is 0.246 e. The summed E-state index contributed by atoms with van der Waals surface area (Å²) in [4.78, 5) is 20.4. The monoisotopic (exact) mass is 486 g/mol. The predicted octanol–water partition coefficient (Wildman–Crippen LogP) is 1.91. The number of benzene rings is 1. The van der Waals surface area contributed by atoms with Gasteiger partial charge in [-0.05, 0) is 24.1 Å². The van der Waals surface area contributed by atoms with Crippen molar-refractivity contribution in [3.63, 3.8) is 0 Å². The van der Waals surface area contributed by atoms with Gasteiger partial charge in [0.2, 0.25) is 5.91 Å². The Morgan fingerprint density at radius 2 is 2.15 bits per heavy atom. The van der Waals surface area contributed by atoms with Gasteiger partial charge in [0.15, 0.2) is 5.96 Å². The Balaban J connectivity index is 0.00000261. The standard InChI is InChI=1S/C18H23FN6O.HI/c1-13-8-14(4-5-16(13)19)9-21-18(20-2)24-6-7-25(17(26)12-24)15-10-22-23(3)11-15;/h4-5,8,10-11H,6-7,9,12H2,1-3H3,(H,20,21);1H. The fourth-order valence-electron chi connectivity index (χ4n) is 3.00. The van der Waals surface area contributed by atoms with Gasteiger partial charge in [-0.2, -0.15) is 5.10 Å². The first kappa shape index (κ1) is 21.1. The summed E-state index contributed by atoms with van der Waals surface area (Å²) >= 11 is 0. The fraction of sp³-hybridized carbons (Fsp3) is 0.389. The summed E-state index contributed by atoms with van der Waals surface area (Å²) in [5.74, 6) is 0.450. The highest BCUT2D eigenvalue weighted by Crippen LogP contribution is 2.16. The predicted molar refractivity (Wildman–Crippen MR) is 114 cm³/mol. The van der Waals surface area contributed by atoms with E-state index in [9.17, 15) is 9.18 Å². The lowest BCUT2D eigenvalue weighted by atomic mass is 10.1. The van der Waals surface area contributed by atoms with Crippen LogP contribution in [0.2, 0.25) is 0 Å². The van der Waals surface area contributed by atoms with E-state index in [1.165, 1.54) is 6.07 Å². The van der Waals surface area contributed by atoms with Crippen LogP contribution in [0.1, 0.15) is 11.1 Å². The van der Waals surface area contributed by atoms with Crippen molar-refractivity contribution < 1.29 is 9.18 Å². The summed E-state index contributed by atoms with van der Waals surface area (Å²) in [6.45, 7) is 3.75. The van der Waals surface area contributed by atoms with Crippen molar-refractivity contribution in [2.45, 2.75) is 13.5 Å².